The smallest absolute Gasteiger partial charge is 0.306 e. The normalized spacial score (nSPS) is 12.6. The molecule has 20 heavy (non-hydrogen) atoms. The molecular weight excluding hydrogens is 256 g/mol. The van der Waals surface area contributed by atoms with Crippen LogP contribution in [0.5, 0.6) is 0 Å². The molecule has 0 bridgehead atoms. The Morgan fingerprint density at radius 1 is 0.900 bits per heavy atom. The number of rotatable bonds is 10. The Kier molecular flexibility index (Phi) is 10.1. The molecular formula is C16H30O4. The summed E-state index contributed by atoms with van der Waals surface area (Å²) in [6.07, 6.45) is 2.87. The van der Waals surface area contributed by atoms with Crippen LogP contribution in [0.15, 0.2) is 0 Å². The Morgan fingerprint density at radius 2 is 1.50 bits per heavy atom. The molecule has 0 spiro atoms. The molecule has 118 valence electrons. The highest BCUT2D eigenvalue weighted by molar-refractivity contribution is 5.77. The Balaban J connectivity index is 3.65. The maximum Gasteiger partial charge on any atom is 0.306 e. The van der Waals surface area contributed by atoms with Crippen LogP contribution in [0.4, 0.5) is 0 Å². The first-order valence-electron chi connectivity index (χ1n) is 7.66. The minimum Gasteiger partial charge on any atom is -0.466 e. The van der Waals surface area contributed by atoms with Gasteiger partial charge in [0.05, 0.1) is 25.6 Å². The molecule has 0 aromatic rings. The number of hydrogen-bond donors (Lipinski definition) is 0. The molecule has 4 nitrogen and oxygen atoms in total. The molecule has 0 radical (unpaired) electrons. The van der Waals surface area contributed by atoms with Gasteiger partial charge in [0.2, 0.25) is 0 Å². The predicted molar refractivity (Wildman–Crippen MR) is 79.3 cm³/mol. The van der Waals surface area contributed by atoms with Crippen LogP contribution in [-0.4, -0.2) is 24.6 Å². The molecule has 1 atom stereocenters. The zero-order chi connectivity index (χ0) is 15.5. The van der Waals surface area contributed by atoms with Crippen LogP contribution in [0, 0.1) is 11.8 Å². The fourth-order valence-electron chi connectivity index (χ4n) is 1.95. The lowest BCUT2D eigenvalue weighted by Crippen LogP contribution is -2.18. The lowest BCUT2D eigenvalue weighted by Gasteiger charge is -2.15. The average molecular weight is 286 g/mol. The maximum atomic E-state index is 11.5. The highest BCUT2D eigenvalue weighted by Crippen LogP contribution is 2.09. The van der Waals surface area contributed by atoms with Gasteiger partial charge < -0.3 is 9.47 Å². The van der Waals surface area contributed by atoms with E-state index in [0.29, 0.717) is 18.4 Å². The zero-order valence-electron chi connectivity index (χ0n) is 13.6. The van der Waals surface area contributed by atoms with E-state index in [0.717, 1.165) is 19.3 Å². The van der Waals surface area contributed by atoms with Crippen molar-refractivity contribution < 1.29 is 19.1 Å². The van der Waals surface area contributed by atoms with Crippen molar-refractivity contribution in [1.29, 1.82) is 0 Å². The third-order valence-electron chi connectivity index (χ3n) is 2.86. The molecule has 0 aliphatic rings. The summed E-state index contributed by atoms with van der Waals surface area (Å²) in [6, 6.07) is 0. The fraction of sp³-hybridized carbons (Fsp3) is 0.875. The van der Waals surface area contributed by atoms with Gasteiger partial charge >= 0.3 is 11.9 Å². The first-order chi connectivity index (χ1) is 9.31. The number of ether oxygens (including phenoxy) is 2. The van der Waals surface area contributed by atoms with Crippen LogP contribution in [0.1, 0.15) is 66.7 Å². The summed E-state index contributed by atoms with van der Waals surface area (Å²) in [5.74, 6) is 0.467. The fourth-order valence-corrected chi connectivity index (χ4v) is 1.95. The molecule has 0 aromatic carbocycles. The van der Waals surface area contributed by atoms with Crippen LogP contribution in [0.3, 0.4) is 0 Å². The highest BCUT2D eigenvalue weighted by atomic mass is 16.5. The van der Waals surface area contributed by atoms with E-state index in [1.54, 1.807) is 0 Å². The van der Waals surface area contributed by atoms with Crippen molar-refractivity contribution in [2.75, 3.05) is 6.61 Å². The van der Waals surface area contributed by atoms with E-state index in [1.165, 1.54) is 0 Å². The summed E-state index contributed by atoms with van der Waals surface area (Å²) in [4.78, 5) is 23.0. The molecule has 0 aromatic heterocycles. The monoisotopic (exact) mass is 286 g/mol. The summed E-state index contributed by atoms with van der Waals surface area (Å²) in [5.41, 5.74) is 0. The lowest BCUT2D eigenvalue weighted by molar-refractivity contribution is -0.153. The van der Waals surface area contributed by atoms with Gasteiger partial charge in [-0.3, -0.25) is 9.59 Å². The minimum absolute atomic E-state index is 0.0930. The van der Waals surface area contributed by atoms with Crippen LogP contribution in [0.2, 0.25) is 0 Å². The predicted octanol–water partition coefficient (Wildman–Crippen LogP) is 3.72. The summed E-state index contributed by atoms with van der Waals surface area (Å²) >= 11 is 0. The summed E-state index contributed by atoms with van der Waals surface area (Å²) in [5, 5.41) is 0. The van der Waals surface area contributed by atoms with Crippen molar-refractivity contribution in [3.8, 4) is 0 Å². The molecule has 0 rings (SSSR count). The van der Waals surface area contributed by atoms with Gasteiger partial charge in [0, 0.05) is 0 Å². The maximum absolute atomic E-state index is 11.5. The van der Waals surface area contributed by atoms with Crippen LogP contribution in [-0.2, 0) is 19.1 Å². The molecule has 0 aliphatic carbocycles. The molecule has 0 saturated carbocycles. The standard InChI is InChI=1S/C16H30O4/c1-12(2)7-6-10-19-15(17)8-9-16(18)20-14(5)11-13(3)4/h12-14H,6-11H2,1-5H3. The van der Waals surface area contributed by atoms with Crippen molar-refractivity contribution in [3.05, 3.63) is 0 Å². The minimum atomic E-state index is -0.322. The third kappa shape index (κ3) is 12.0. The van der Waals surface area contributed by atoms with Crippen LogP contribution in [0.25, 0.3) is 0 Å². The van der Waals surface area contributed by atoms with Crippen molar-refractivity contribution >= 4 is 11.9 Å². The van der Waals surface area contributed by atoms with E-state index >= 15 is 0 Å². The molecule has 0 saturated heterocycles. The van der Waals surface area contributed by atoms with E-state index in [9.17, 15) is 9.59 Å². The average Bonchev–Trinajstić information content (AvgIpc) is 2.30. The van der Waals surface area contributed by atoms with E-state index in [-0.39, 0.29) is 30.9 Å². The van der Waals surface area contributed by atoms with E-state index in [2.05, 4.69) is 27.7 Å². The van der Waals surface area contributed by atoms with E-state index < -0.39 is 0 Å². The first-order valence-corrected chi connectivity index (χ1v) is 7.66. The number of hydrogen-bond acceptors (Lipinski definition) is 4. The third-order valence-corrected chi connectivity index (χ3v) is 2.86. The Hall–Kier alpha value is -1.06. The lowest BCUT2D eigenvalue weighted by atomic mass is 10.1. The number of carbonyl (C=O) groups excluding carboxylic acids is 2. The van der Waals surface area contributed by atoms with Crippen molar-refractivity contribution in [3.63, 3.8) is 0 Å². The van der Waals surface area contributed by atoms with Gasteiger partial charge in [-0.05, 0) is 38.0 Å². The quantitative estimate of drug-likeness (QED) is 0.453. The largest absolute Gasteiger partial charge is 0.466 e. The van der Waals surface area contributed by atoms with Gasteiger partial charge in [-0.25, -0.2) is 0 Å². The van der Waals surface area contributed by atoms with E-state index in [4.69, 9.17) is 9.47 Å². The van der Waals surface area contributed by atoms with E-state index in [1.807, 2.05) is 6.92 Å². The number of carbonyl (C=O) groups is 2. The first kappa shape index (κ1) is 18.9. The van der Waals surface area contributed by atoms with Gasteiger partial charge in [0.15, 0.2) is 0 Å². The second kappa shape index (κ2) is 10.7. The molecule has 4 heteroatoms. The second-order valence-corrected chi connectivity index (χ2v) is 6.19. The van der Waals surface area contributed by atoms with Gasteiger partial charge in [-0.15, -0.1) is 0 Å². The highest BCUT2D eigenvalue weighted by Gasteiger charge is 2.13. The van der Waals surface area contributed by atoms with Gasteiger partial charge in [-0.1, -0.05) is 27.7 Å². The number of esters is 2. The topological polar surface area (TPSA) is 52.6 Å². The summed E-state index contributed by atoms with van der Waals surface area (Å²) < 4.78 is 10.3. The van der Waals surface area contributed by atoms with Gasteiger partial charge in [0.1, 0.15) is 0 Å². The molecule has 0 fully saturated rings. The SMILES string of the molecule is CC(C)CCCOC(=O)CCC(=O)OC(C)CC(C)C. The Labute approximate surface area is 123 Å². The molecule has 0 aliphatic heterocycles. The van der Waals surface area contributed by atoms with Crippen molar-refractivity contribution in [2.45, 2.75) is 72.8 Å². The Morgan fingerprint density at radius 3 is 2.05 bits per heavy atom. The Bertz CT molecular complexity index is 284. The molecule has 0 heterocycles. The molecule has 1 unspecified atom stereocenters. The second-order valence-electron chi connectivity index (χ2n) is 6.19. The summed E-state index contributed by atoms with van der Waals surface area (Å²) in [7, 11) is 0. The van der Waals surface area contributed by atoms with Gasteiger partial charge in [-0.2, -0.15) is 0 Å². The summed E-state index contributed by atoms with van der Waals surface area (Å²) in [6.45, 7) is 10.8. The molecule has 0 N–H and O–H groups in total. The van der Waals surface area contributed by atoms with Crippen molar-refractivity contribution in [2.24, 2.45) is 11.8 Å². The van der Waals surface area contributed by atoms with Crippen LogP contribution < -0.4 is 0 Å². The van der Waals surface area contributed by atoms with Crippen LogP contribution >= 0.6 is 0 Å². The molecule has 0 amide bonds. The van der Waals surface area contributed by atoms with Crippen molar-refractivity contribution in [1.82, 2.24) is 0 Å². The zero-order valence-corrected chi connectivity index (χ0v) is 13.6. The van der Waals surface area contributed by atoms with Gasteiger partial charge in [0.25, 0.3) is 0 Å².